The number of hydrogen-bond donors (Lipinski definition) is 0. The van der Waals surface area contributed by atoms with Crippen molar-refractivity contribution >= 4 is 8.80 Å². The summed E-state index contributed by atoms with van der Waals surface area (Å²) < 4.78 is 0. The highest BCUT2D eigenvalue weighted by Crippen LogP contribution is 2.39. The molecule has 1 aliphatic heterocycles. The van der Waals surface area contributed by atoms with Crippen molar-refractivity contribution in [1.82, 2.24) is 0 Å². The lowest BCUT2D eigenvalue weighted by Gasteiger charge is -2.29. The van der Waals surface area contributed by atoms with E-state index in [0.717, 1.165) is 5.92 Å². The highest BCUT2D eigenvalue weighted by Gasteiger charge is 2.24. The monoisotopic (exact) mass is 293 g/mol. The van der Waals surface area contributed by atoms with Gasteiger partial charge in [0, 0.05) is 8.80 Å². The van der Waals surface area contributed by atoms with Gasteiger partial charge >= 0.3 is 0 Å². The predicted octanol–water partition coefficient (Wildman–Crippen LogP) is 6.14. The van der Waals surface area contributed by atoms with Gasteiger partial charge in [0.25, 0.3) is 0 Å². The molecule has 0 N–H and O–H groups in total. The van der Waals surface area contributed by atoms with E-state index in [-0.39, 0.29) is 8.80 Å². The van der Waals surface area contributed by atoms with Crippen LogP contribution >= 0.6 is 0 Å². The van der Waals surface area contributed by atoms with E-state index in [1.807, 2.05) is 0 Å². The Balaban J connectivity index is 1.81. The Labute approximate surface area is 130 Å². The molecule has 0 bridgehead atoms. The summed E-state index contributed by atoms with van der Waals surface area (Å²) in [5, 5.41) is 0. The van der Waals surface area contributed by atoms with Crippen LogP contribution in [0.25, 0.3) is 11.1 Å². The minimum Gasteiger partial charge on any atom is -0.0657 e. The van der Waals surface area contributed by atoms with Crippen molar-refractivity contribution in [3.8, 4) is 11.1 Å². The normalized spacial score (nSPS) is 17.0. The van der Waals surface area contributed by atoms with Crippen molar-refractivity contribution < 1.29 is 0 Å². The molecule has 1 fully saturated rings. The summed E-state index contributed by atoms with van der Waals surface area (Å²) in [6.45, 7) is 2.34. The minimum absolute atomic E-state index is 0.0152. The summed E-state index contributed by atoms with van der Waals surface area (Å²) in [6, 6.07) is 24.5. The summed E-state index contributed by atoms with van der Waals surface area (Å²) in [6.07, 6.45) is 4.22. The zero-order valence-electron chi connectivity index (χ0n) is 13.0. The first-order valence-electron chi connectivity index (χ1n) is 8.36. The molecule has 2 aromatic carbocycles. The fourth-order valence-corrected chi connectivity index (χ4v) is 6.64. The Hall–Kier alpha value is -1.34. The van der Waals surface area contributed by atoms with Crippen molar-refractivity contribution in [2.24, 2.45) is 0 Å². The third-order valence-electron chi connectivity index (χ3n) is 4.78. The Kier molecular flexibility index (Phi) is 4.92. The van der Waals surface area contributed by atoms with Crippen molar-refractivity contribution in [1.29, 1.82) is 0 Å². The van der Waals surface area contributed by atoms with Gasteiger partial charge in [0.2, 0.25) is 0 Å². The summed E-state index contributed by atoms with van der Waals surface area (Å²) >= 11 is 0. The van der Waals surface area contributed by atoms with Crippen molar-refractivity contribution in [2.45, 2.75) is 50.2 Å². The molecule has 1 heterocycles. The van der Waals surface area contributed by atoms with Crippen LogP contribution in [-0.2, 0) is 0 Å². The van der Waals surface area contributed by atoms with Gasteiger partial charge in [-0.15, -0.1) is 0 Å². The molecule has 21 heavy (non-hydrogen) atoms. The predicted molar refractivity (Wildman–Crippen MR) is 94.3 cm³/mol. The topological polar surface area (TPSA) is 0 Å². The Morgan fingerprint density at radius 3 is 2.29 bits per heavy atom. The number of hydrogen-bond acceptors (Lipinski definition) is 0. The molecule has 0 aliphatic carbocycles. The molecule has 3 rings (SSSR count). The van der Waals surface area contributed by atoms with E-state index in [1.54, 1.807) is 5.56 Å². The van der Waals surface area contributed by atoms with Gasteiger partial charge in [0.15, 0.2) is 0 Å². The molecule has 1 saturated heterocycles. The Morgan fingerprint density at radius 1 is 0.905 bits per heavy atom. The largest absolute Gasteiger partial charge is 0.0657 e. The average Bonchev–Trinajstić information content (AvgIpc) is 2.57. The second kappa shape index (κ2) is 7.08. The van der Waals surface area contributed by atoms with Crippen molar-refractivity contribution in [3.63, 3.8) is 0 Å². The molecule has 0 saturated carbocycles. The van der Waals surface area contributed by atoms with Crippen LogP contribution in [0, 0.1) is 0 Å². The number of benzene rings is 2. The van der Waals surface area contributed by atoms with Crippen molar-refractivity contribution in [2.75, 3.05) is 0 Å². The molecule has 0 nitrogen and oxygen atoms in total. The summed E-state index contributed by atoms with van der Waals surface area (Å²) in [5.41, 5.74) is 4.41. The van der Waals surface area contributed by atoms with Crippen LogP contribution in [-0.4, -0.2) is 8.80 Å². The van der Waals surface area contributed by atoms with E-state index >= 15 is 0 Å². The minimum atomic E-state index is -0.0152. The summed E-state index contributed by atoms with van der Waals surface area (Å²) in [5.74, 6) is 0.784. The van der Waals surface area contributed by atoms with Gasteiger partial charge in [-0.1, -0.05) is 86.1 Å². The van der Waals surface area contributed by atoms with Gasteiger partial charge in [0.05, 0.1) is 0 Å². The lowest BCUT2D eigenvalue weighted by atomic mass is 9.87. The molecule has 0 spiro atoms. The lowest BCUT2D eigenvalue weighted by molar-refractivity contribution is 0.607. The maximum atomic E-state index is 2.37. The Morgan fingerprint density at radius 2 is 1.57 bits per heavy atom. The summed E-state index contributed by atoms with van der Waals surface area (Å²) in [7, 11) is -0.0152. The highest BCUT2D eigenvalue weighted by atomic mass is 28.3. The molecule has 0 unspecified atom stereocenters. The molecule has 1 radical (unpaired) electrons. The number of rotatable bonds is 4. The molecule has 2 aromatic rings. The zero-order chi connectivity index (χ0) is 14.5. The molecule has 0 atom stereocenters. The van der Waals surface area contributed by atoms with Crippen LogP contribution in [0.3, 0.4) is 0 Å². The van der Waals surface area contributed by atoms with E-state index < -0.39 is 0 Å². The fourth-order valence-electron chi connectivity index (χ4n) is 3.67. The molecular weight excluding hydrogens is 268 g/mol. The fraction of sp³-hybridized carbons (Fsp3) is 0.400. The third kappa shape index (κ3) is 3.46. The van der Waals surface area contributed by atoms with Crippen molar-refractivity contribution in [3.05, 3.63) is 60.2 Å². The van der Waals surface area contributed by atoms with E-state index in [2.05, 4.69) is 61.5 Å². The SMILES string of the molecule is CCC[Si]1CCC(c2ccccc2-c2ccccc2)CC1. The third-order valence-corrected chi connectivity index (χ3v) is 7.98. The van der Waals surface area contributed by atoms with Crippen LogP contribution in [0.1, 0.15) is 37.7 Å². The standard InChI is InChI=1S/C20H25Si/c1-2-14-21-15-12-18(13-16-21)20-11-7-6-10-19(20)17-8-4-3-5-9-17/h3-11,18H,2,12-16H2,1H3. The first-order chi connectivity index (χ1) is 10.4. The molecular formula is C20H25Si. The smallest absolute Gasteiger partial charge is 0.0479 e. The molecule has 1 heteroatoms. The first kappa shape index (κ1) is 14.6. The van der Waals surface area contributed by atoms with Gasteiger partial charge < -0.3 is 0 Å². The second-order valence-electron chi connectivity index (χ2n) is 6.23. The van der Waals surface area contributed by atoms with Crippen LogP contribution < -0.4 is 0 Å². The van der Waals surface area contributed by atoms with Crippen LogP contribution in [0.2, 0.25) is 18.1 Å². The first-order valence-corrected chi connectivity index (χ1v) is 10.5. The maximum absolute atomic E-state index is 2.37. The molecule has 0 amide bonds. The van der Waals surface area contributed by atoms with Gasteiger partial charge in [-0.05, 0) is 35.4 Å². The van der Waals surface area contributed by atoms with E-state index in [0.29, 0.717) is 0 Å². The molecule has 1 aliphatic rings. The second-order valence-corrected chi connectivity index (χ2v) is 9.23. The molecule has 0 aromatic heterocycles. The van der Waals surface area contributed by atoms with Crippen LogP contribution in [0.15, 0.2) is 54.6 Å². The molecule has 109 valence electrons. The van der Waals surface area contributed by atoms with E-state index in [9.17, 15) is 0 Å². The average molecular weight is 294 g/mol. The van der Waals surface area contributed by atoms with Crippen LogP contribution in [0.4, 0.5) is 0 Å². The van der Waals surface area contributed by atoms with Gasteiger partial charge in [-0.2, -0.15) is 0 Å². The van der Waals surface area contributed by atoms with Crippen LogP contribution in [0.5, 0.6) is 0 Å². The van der Waals surface area contributed by atoms with E-state index in [1.165, 1.54) is 48.5 Å². The summed E-state index contributed by atoms with van der Waals surface area (Å²) in [4.78, 5) is 0. The Bertz CT molecular complexity index is 553. The van der Waals surface area contributed by atoms with E-state index in [4.69, 9.17) is 0 Å². The maximum Gasteiger partial charge on any atom is 0.0479 e. The van der Waals surface area contributed by atoms with Gasteiger partial charge in [0.1, 0.15) is 0 Å². The zero-order valence-corrected chi connectivity index (χ0v) is 14.0. The highest BCUT2D eigenvalue weighted by molar-refractivity contribution is 6.59. The van der Waals surface area contributed by atoms with Gasteiger partial charge in [-0.25, -0.2) is 0 Å². The lowest BCUT2D eigenvalue weighted by Crippen LogP contribution is -2.20. The quantitative estimate of drug-likeness (QED) is 0.594. The van der Waals surface area contributed by atoms with Gasteiger partial charge in [-0.3, -0.25) is 0 Å².